The highest BCUT2D eigenvalue weighted by atomic mass is 28.4. The van der Waals surface area contributed by atoms with E-state index in [0.717, 1.165) is 19.3 Å². The number of hydrogen-bond donors (Lipinski definition) is 0. The molecule has 6 heteroatoms. The summed E-state index contributed by atoms with van der Waals surface area (Å²) in [5.74, 6) is -0.254. The maximum atomic E-state index is 10.8. The van der Waals surface area contributed by atoms with Crippen LogP contribution in [0.3, 0.4) is 0 Å². The summed E-state index contributed by atoms with van der Waals surface area (Å²) in [6, 6.07) is 0.695. The molecule has 0 aliphatic rings. The van der Waals surface area contributed by atoms with Crippen LogP contribution >= 0.6 is 0 Å². The van der Waals surface area contributed by atoms with Gasteiger partial charge < -0.3 is 18.0 Å². The summed E-state index contributed by atoms with van der Waals surface area (Å²) >= 11 is 0. The first-order valence-electron chi connectivity index (χ1n) is 7.65. The quantitative estimate of drug-likeness (QED) is 0.297. The van der Waals surface area contributed by atoms with E-state index in [4.69, 9.17) is 18.0 Å². The fourth-order valence-corrected chi connectivity index (χ4v) is 4.42. The van der Waals surface area contributed by atoms with E-state index in [0.29, 0.717) is 38.9 Å². The Kier molecular flexibility index (Phi) is 12.1. The van der Waals surface area contributed by atoms with Gasteiger partial charge in [-0.25, -0.2) is 0 Å². The normalized spacial score (nSPS) is 11.6. The van der Waals surface area contributed by atoms with Crippen LogP contribution in [-0.4, -0.2) is 41.2 Å². The number of carbonyl (C=O) groups excluding carboxylic acids is 1. The second-order valence-electron chi connectivity index (χ2n) is 4.67. The summed E-state index contributed by atoms with van der Waals surface area (Å²) in [6.45, 7) is 9.95. The molecule has 0 radical (unpaired) electrons. The van der Waals surface area contributed by atoms with Crippen LogP contribution in [0.1, 0.15) is 53.4 Å². The number of hydrogen-bond acceptors (Lipinski definition) is 5. The van der Waals surface area contributed by atoms with Crippen molar-refractivity contribution in [3.05, 3.63) is 0 Å². The van der Waals surface area contributed by atoms with Crippen LogP contribution in [0.2, 0.25) is 6.04 Å². The van der Waals surface area contributed by atoms with Crippen molar-refractivity contribution in [3.63, 3.8) is 0 Å². The van der Waals surface area contributed by atoms with Crippen molar-refractivity contribution in [2.45, 2.75) is 59.4 Å². The van der Waals surface area contributed by atoms with E-state index in [1.807, 2.05) is 0 Å². The van der Waals surface area contributed by atoms with Crippen molar-refractivity contribution in [2.75, 3.05) is 26.4 Å². The molecule has 0 aromatic carbocycles. The molecule has 0 aliphatic carbocycles. The Morgan fingerprint density at radius 2 is 1.30 bits per heavy atom. The molecule has 0 aromatic heterocycles. The van der Waals surface area contributed by atoms with Gasteiger partial charge in [-0.1, -0.05) is 20.8 Å². The predicted molar refractivity (Wildman–Crippen MR) is 80.5 cm³/mol. The first-order valence-corrected chi connectivity index (χ1v) is 9.58. The van der Waals surface area contributed by atoms with Gasteiger partial charge in [0.15, 0.2) is 0 Å². The van der Waals surface area contributed by atoms with Crippen molar-refractivity contribution >= 4 is 14.8 Å². The van der Waals surface area contributed by atoms with Crippen molar-refractivity contribution < 1.29 is 22.8 Å². The summed E-state index contributed by atoms with van der Waals surface area (Å²) in [6.07, 6.45) is 3.51. The summed E-state index contributed by atoms with van der Waals surface area (Å²) in [5, 5.41) is 0. The Bertz CT molecular complexity index is 226. The summed E-state index contributed by atoms with van der Waals surface area (Å²) < 4.78 is 22.8. The molecule has 0 fully saturated rings. The third-order valence-corrected chi connectivity index (χ3v) is 5.41. The van der Waals surface area contributed by atoms with Crippen LogP contribution in [0.15, 0.2) is 0 Å². The van der Waals surface area contributed by atoms with E-state index in [1.165, 1.54) is 6.92 Å². The average molecular weight is 306 g/mol. The fourth-order valence-electron chi connectivity index (χ4n) is 1.62. The second kappa shape index (κ2) is 12.3. The molecular weight excluding hydrogens is 276 g/mol. The van der Waals surface area contributed by atoms with Crippen molar-refractivity contribution in [1.82, 2.24) is 0 Å². The van der Waals surface area contributed by atoms with Gasteiger partial charge in [-0.3, -0.25) is 4.79 Å². The van der Waals surface area contributed by atoms with Gasteiger partial charge >= 0.3 is 14.8 Å². The molecule has 0 aliphatic heterocycles. The first-order chi connectivity index (χ1) is 9.60. The van der Waals surface area contributed by atoms with Gasteiger partial charge in [0, 0.05) is 32.8 Å². The van der Waals surface area contributed by atoms with Gasteiger partial charge in [0.1, 0.15) is 0 Å². The van der Waals surface area contributed by atoms with Gasteiger partial charge in [0.2, 0.25) is 0 Å². The van der Waals surface area contributed by atoms with Gasteiger partial charge in [0.25, 0.3) is 0 Å². The van der Waals surface area contributed by atoms with Crippen LogP contribution < -0.4 is 0 Å². The van der Waals surface area contributed by atoms with Crippen LogP contribution in [0.4, 0.5) is 0 Å². The van der Waals surface area contributed by atoms with Gasteiger partial charge in [-0.15, -0.1) is 0 Å². The van der Waals surface area contributed by atoms with E-state index in [1.54, 1.807) is 0 Å². The maximum absolute atomic E-state index is 10.8. The number of carbonyl (C=O) groups is 1. The van der Waals surface area contributed by atoms with E-state index in [-0.39, 0.29) is 5.97 Å². The van der Waals surface area contributed by atoms with Crippen molar-refractivity contribution in [1.29, 1.82) is 0 Å². The molecule has 0 spiro atoms. The van der Waals surface area contributed by atoms with E-state index < -0.39 is 8.80 Å². The largest absolute Gasteiger partial charge is 0.501 e. The number of esters is 1. The molecule has 0 saturated carbocycles. The molecular formula is C14H30O5Si. The highest BCUT2D eigenvalue weighted by Crippen LogP contribution is 2.19. The second-order valence-corrected chi connectivity index (χ2v) is 7.40. The Morgan fingerprint density at radius 3 is 1.65 bits per heavy atom. The molecule has 0 rings (SSSR count). The number of ether oxygens (including phenoxy) is 1. The van der Waals surface area contributed by atoms with Crippen molar-refractivity contribution in [2.24, 2.45) is 0 Å². The predicted octanol–water partition coefficient (Wildman–Crippen LogP) is 3.16. The fraction of sp³-hybridized carbons (Fsp3) is 0.929. The third kappa shape index (κ3) is 9.47. The molecule has 0 atom stereocenters. The van der Waals surface area contributed by atoms with Crippen LogP contribution in [0.25, 0.3) is 0 Å². The highest BCUT2D eigenvalue weighted by Gasteiger charge is 2.40. The minimum atomic E-state index is -2.62. The summed E-state index contributed by atoms with van der Waals surface area (Å²) in [5.41, 5.74) is 0. The molecule has 0 heterocycles. The molecule has 0 N–H and O–H groups in total. The lowest BCUT2D eigenvalue weighted by Crippen LogP contribution is -2.46. The Balaban J connectivity index is 4.44. The molecule has 0 bridgehead atoms. The van der Waals surface area contributed by atoms with Crippen LogP contribution in [-0.2, 0) is 22.8 Å². The summed E-state index contributed by atoms with van der Waals surface area (Å²) in [7, 11) is -2.62. The first kappa shape index (κ1) is 19.6. The molecule has 120 valence electrons. The Labute approximate surface area is 124 Å². The minimum absolute atomic E-state index is 0.254. The van der Waals surface area contributed by atoms with E-state index in [9.17, 15) is 4.79 Å². The Hall–Kier alpha value is -0.433. The van der Waals surface area contributed by atoms with E-state index >= 15 is 0 Å². The molecule has 5 nitrogen and oxygen atoms in total. The smallest absolute Gasteiger partial charge is 0.466 e. The SMILES string of the molecule is CCCO[Si](CCCOC(C)=O)(OCCC)OCCC. The van der Waals surface area contributed by atoms with Gasteiger partial charge in [-0.2, -0.15) is 0 Å². The average Bonchev–Trinajstić information content (AvgIpc) is 2.44. The topological polar surface area (TPSA) is 54.0 Å². The monoisotopic (exact) mass is 306 g/mol. The zero-order valence-electron chi connectivity index (χ0n) is 13.4. The molecule has 0 saturated heterocycles. The van der Waals surface area contributed by atoms with E-state index in [2.05, 4.69) is 20.8 Å². The third-order valence-electron chi connectivity index (χ3n) is 2.51. The molecule has 0 amide bonds. The number of rotatable bonds is 13. The lowest BCUT2D eigenvalue weighted by molar-refractivity contribution is -0.141. The lowest BCUT2D eigenvalue weighted by Gasteiger charge is -2.29. The van der Waals surface area contributed by atoms with Crippen molar-refractivity contribution in [3.8, 4) is 0 Å². The van der Waals surface area contributed by atoms with Crippen LogP contribution in [0.5, 0.6) is 0 Å². The van der Waals surface area contributed by atoms with Gasteiger partial charge in [-0.05, 0) is 25.7 Å². The summed E-state index contributed by atoms with van der Waals surface area (Å²) in [4.78, 5) is 10.8. The molecule has 20 heavy (non-hydrogen) atoms. The Morgan fingerprint density at radius 1 is 0.850 bits per heavy atom. The maximum Gasteiger partial charge on any atom is 0.501 e. The van der Waals surface area contributed by atoms with Crippen LogP contribution in [0, 0.1) is 0 Å². The molecule has 0 aromatic rings. The minimum Gasteiger partial charge on any atom is -0.466 e. The molecule has 0 unspecified atom stereocenters. The highest BCUT2D eigenvalue weighted by molar-refractivity contribution is 6.60. The standard InChI is InChI=1S/C14H30O5Si/c1-5-9-17-20(18-10-6-2,19-11-7-3)13-8-12-16-14(4)15/h5-13H2,1-4H3. The lowest BCUT2D eigenvalue weighted by atomic mass is 10.5. The van der Waals surface area contributed by atoms with Gasteiger partial charge in [0.05, 0.1) is 6.61 Å². The zero-order chi connectivity index (χ0) is 15.3. The zero-order valence-corrected chi connectivity index (χ0v) is 14.4.